The van der Waals surface area contributed by atoms with Gasteiger partial charge < -0.3 is 18.9 Å². The maximum absolute atomic E-state index is 12.7. The van der Waals surface area contributed by atoms with Crippen molar-refractivity contribution in [3.8, 4) is 0 Å². The summed E-state index contributed by atoms with van der Waals surface area (Å²) in [4.78, 5) is 73.4. The summed E-state index contributed by atoms with van der Waals surface area (Å²) in [6.07, 6.45) is 16.2. The minimum absolute atomic E-state index is 0.0110. The van der Waals surface area contributed by atoms with Crippen LogP contribution in [0.25, 0.3) is 0 Å². The standard InChI is InChI=1S/C40H62NO11/c1-27(23-19-15-11-9-13-17-21-25-31-29(3)33(42)37(47-5)39(49-7)35(31)44)51-41(46)52-28(2)24-20-16-12-10-14-18-22-26-32-30(4)34(43)38(48-6)40(50-8)36(32)45/h27-28H,9-26H2,1-8H3/q+1. The van der Waals surface area contributed by atoms with Crippen molar-refractivity contribution in [3.05, 3.63) is 50.2 Å². The highest BCUT2D eigenvalue weighted by Crippen LogP contribution is 2.30. The summed E-state index contributed by atoms with van der Waals surface area (Å²) in [5, 5.41) is 0.266. The number of allylic oxidation sites excluding steroid dienone is 4. The molecule has 0 saturated carbocycles. The smallest absolute Gasteiger partial charge is 0.478 e. The Morgan fingerprint density at radius 3 is 1.02 bits per heavy atom. The van der Waals surface area contributed by atoms with E-state index in [4.69, 9.17) is 28.6 Å². The molecule has 0 aliphatic heterocycles. The van der Waals surface area contributed by atoms with E-state index in [2.05, 4.69) is 0 Å². The highest BCUT2D eigenvalue weighted by molar-refractivity contribution is 6.24. The van der Waals surface area contributed by atoms with Gasteiger partial charge >= 0.3 is 5.09 Å². The van der Waals surface area contributed by atoms with E-state index in [0.29, 0.717) is 35.1 Å². The van der Waals surface area contributed by atoms with E-state index in [0.717, 1.165) is 103 Å². The first-order chi connectivity index (χ1) is 24.9. The quantitative estimate of drug-likeness (QED) is 0.0435. The van der Waals surface area contributed by atoms with Crippen molar-refractivity contribution < 1.29 is 52.9 Å². The maximum Gasteiger partial charge on any atom is 0.478 e. The monoisotopic (exact) mass is 732 g/mol. The lowest BCUT2D eigenvalue weighted by Crippen LogP contribution is -2.25. The van der Waals surface area contributed by atoms with Gasteiger partial charge in [-0.05, 0) is 79.1 Å². The Kier molecular flexibility index (Phi) is 20.0. The number of ether oxygens (including phenoxy) is 4. The second-order valence-electron chi connectivity index (χ2n) is 13.7. The number of ketones is 4. The van der Waals surface area contributed by atoms with Crippen LogP contribution in [0.1, 0.15) is 143 Å². The number of hydrogen-bond donors (Lipinski definition) is 0. The minimum Gasteiger partial charge on any atom is -0.489 e. The van der Waals surface area contributed by atoms with E-state index in [9.17, 15) is 24.1 Å². The second kappa shape index (κ2) is 23.6. The van der Waals surface area contributed by atoms with Crippen LogP contribution in [0.2, 0.25) is 0 Å². The summed E-state index contributed by atoms with van der Waals surface area (Å²) in [7, 11) is 5.47. The minimum atomic E-state index is -0.288. The number of carbonyl (C=O) groups is 4. The fraction of sp³-hybridized carbons (Fsp3) is 0.700. The third-order valence-electron chi connectivity index (χ3n) is 9.80. The number of nitrogens with zero attached hydrogens (tertiary/aromatic N) is 1. The number of hydrogen-bond acceptors (Lipinski definition) is 11. The Morgan fingerprint density at radius 2 is 0.712 bits per heavy atom. The molecule has 2 rings (SSSR count). The molecule has 2 atom stereocenters. The zero-order valence-corrected chi connectivity index (χ0v) is 32.8. The van der Waals surface area contributed by atoms with Gasteiger partial charge in [0.15, 0.2) is 12.2 Å². The van der Waals surface area contributed by atoms with Crippen molar-refractivity contribution in [1.82, 2.24) is 0 Å². The predicted octanol–water partition coefficient (Wildman–Crippen LogP) is 8.37. The van der Waals surface area contributed by atoms with Gasteiger partial charge in [-0.1, -0.05) is 64.2 Å². The van der Waals surface area contributed by atoms with Crippen molar-refractivity contribution in [2.75, 3.05) is 28.4 Å². The third-order valence-corrected chi connectivity index (χ3v) is 9.80. The first-order valence-corrected chi connectivity index (χ1v) is 19.0. The highest BCUT2D eigenvalue weighted by atomic mass is 17.0. The van der Waals surface area contributed by atoms with Crippen molar-refractivity contribution in [1.29, 1.82) is 0 Å². The van der Waals surface area contributed by atoms with Gasteiger partial charge in [0, 0.05) is 22.3 Å². The summed E-state index contributed by atoms with van der Waals surface area (Å²) < 4.78 is 20.5. The van der Waals surface area contributed by atoms with Crippen LogP contribution in [0.4, 0.5) is 0 Å². The van der Waals surface area contributed by atoms with E-state index < -0.39 is 0 Å². The van der Waals surface area contributed by atoms with Gasteiger partial charge in [-0.25, -0.2) is 0 Å². The molecule has 0 bridgehead atoms. The number of carbonyl (C=O) groups excluding carboxylic acids is 4. The zero-order chi connectivity index (χ0) is 38.6. The fourth-order valence-electron chi connectivity index (χ4n) is 6.64. The summed E-state index contributed by atoms with van der Waals surface area (Å²) >= 11 is 0. The lowest BCUT2D eigenvalue weighted by atomic mass is 9.89. The van der Waals surface area contributed by atoms with Crippen LogP contribution in [0, 0.1) is 4.91 Å². The van der Waals surface area contributed by atoms with Crippen LogP contribution >= 0.6 is 0 Å². The average molecular weight is 733 g/mol. The largest absolute Gasteiger partial charge is 0.489 e. The van der Waals surface area contributed by atoms with Crippen LogP contribution in [0.15, 0.2) is 45.3 Å². The van der Waals surface area contributed by atoms with Gasteiger partial charge in [0.05, 0.1) is 28.4 Å². The zero-order valence-electron chi connectivity index (χ0n) is 32.8. The Labute approximate surface area is 309 Å². The Balaban J connectivity index is 1.46. The molecular formula is C40H62NO11+. The Morgan fingerprint density at radius 1 is 0.442 bits per heavy atom. The summed E-state index contributed by atoms with van der Waals surface area (Å²) in [6.45, 7) is 7.10. The summed E-state index contributed by atoms with van der Waals surface area (Å²) in [5.41, 5.74) is 1.92. The highest BCUT2D eigenvalue weighted by Gasteiger charge is 2.35. The molecule has 0 aromatic carbocycles. The summed E-state index contributed by atoms with van der Waals surface area (Å²) in [5.74, 6) is -1.16. The van der Waals surface area contributed by atoms with Gasteiger partial charge in [-0.2, -0.15) is 9.68 Å². The number of Topliss-reactive ketones (excluding diaryl/α,β-unsaturated/α-hetero) is 4. The predicted molar refractivity (Wildman–Crippen MR) is 195 cm³/mol. The molecule has 0 N–H and O–H groups in total. The van der Waals surface area contributed by atoms with E-state index in [1.165, 1.54) is 28.4 Å². The lowest BCUT2D eigenvalue weighted by molar-refractivity contribution is -0.992. The molecular weight excluding hydrogens is 670 g/mol. The molecule has 12 heteroatoms. The topological polar surface area (TPSA) is 144 Å². The Hall–Kier alpha value is -3.96. The van der Waals surface area contributed by atoms with Crippen molar-refractivity contribution in [2.45, 2.75) is 155 Å². The first-order valence-electron chi connectivity index (χ1n) is 19.0. The molecule has 2 aliphatic rings. The van der Waals surface area contributed by atoms with Crippen molar-refractivity contribution in [3.63, 3.8) is 0 Å². The van der Waals surface area contributed by atoms with Crippen molar-refractivity contribution >= 4 is 23.1 Å². The normalized spacial score (nSPS) is 16.5. The van der Waals surface area contributed by atoms with Gasteiger partial charge in [-0.3, -0.25) is 19.2 Å². The molecule has 0 amide bonds. The van der Waals surface area contributed by atoms with Gasteiger partial charge in [0.2, 0.25) is 46.2 Å². The molecule has 0 saturated heterocycles. The molecule has 0 radical (unpaired) electrons. The molecule has 0 aromatic rings. The van der Waals surface area contributed by atoms with Crippen LogP contribution < -0.4 is 0 Å². The number of unbranched alkanes of at least 4 members (excludes halogenated alkanes) is 12. The van der Waals surface area contributed by atoms with E-state index in [-0.39, 0.29) is 63.5 Å². The molecule has 2 unspecified atom stereocenters. The average Bonchev–Trinajstić information content (AvgIpc) is 3.11. The van der Waals surface area contributed by atoms with Gasteiger partial charge in [0.25, 0.3) is 0 Å². The maximum atomic E-state index is 12.7. The SMILES string of the molecule is COC1=C(OC)C(=O)C(CCCCCCCCCC(C)O[N+](=O)OC(C)CCCCCCCCCC2=C(C)C(=O)C(OC)=C(OC)C2=O)=C(C)C1=O. The Bertz CT molecular complexity index is 1290. The number of rotatable bonds is 28. The molecule has 0 heterocycles. The molecule has 52 heavy (non-hydrogen) atoms. The molecule has 0 aromatic heterocycles. The fourth-order valence-corrected chi connectivity index (χ4v) is 6.64. The van der Waals surface area contributed by atoms with E-state index in [1.54, 1.807) is 13.8 Å². The molecule has 0 spiro atoms. The second-order valence-corrected chi connectivity index (χ2v) is 13.7. The van der Waals surface area contributed by atoms with Crippen molar-refractivity contribution in [2.24, 2.45) is 0 Å². The third kappa shape index (κ3) is 13.2. The number of methoxy groups -OCH3 is 4. The van der Waals surface area contributed by atoms with Crippen LogP contribution in [0.5, 0.6) is 0 Å². The van der Waals surface area contributed by atoms with Gasteiger partial charge in [0.1, 0.15) is 4.91 Å². The van der Waals surface area contributed by atoms with E-state index >= 15 is 0 Å². The van der Waals surface area contributed by atoms with Crippen LogP contribution in [-0.2, 0) is 47.8 Å². The first kappa shape index (κ1) is 44.2. The summed E-state index contributed by atoms with van der Waals surface area (Å²) in [6, 6.07) is 0. The molecule has 0 fully saturated rings. The lowest BCUT2D eigenvalue weighted by Gasteiger charge is -2.20. The van der Waals surface area contributed by atoms with Crippen LogP contribution in [-0.4, -0.2) is 68.9 Å². The van der Waals surface area contributed by atoms with Gasteiger partial charge in [-0.15, -0.1) is 0 Å². The van der Waals surface area contributed by atoms with Crippen LogP contribution in [0.3, 0.4) is 0 Å². The molecule has 12 nitrogen and oxygen atoms in total. The molecule has 292 valence electrons. The molecule has 2 aliphatic carbocycles. The van der Waals surface area contributed by atoms with E-state index in [1.807, 2.05) is 13.8 Å².